The average Bonchev–Trinajstić information content (AvgIpc) is 0.846. The van der Waals surface area contributed by atoms with E-state index in [1.165, 1.54) is 11.1 Å². The number of ether oxygens (including phenoxy) is 3. The number of hydrogen-bond donors (Lipinski definition) is 0. The summed E-state index contributed by atoms with van der Waals surface area (Å²) in [4.78, 5) is 119. The highest BCUT2D eigenvalue weighted by Gasteiger charge is 2.20. The van der Waals surface area contributed by atoms with Crippen molar-refractivity contribution >= 4 is 144 Å². The molecule has 9 aromatic carbocycles. The molecule has 0 bridgehead atoms. The molecule has 14 nitrogen and oxygen atoms in total. The van der Waals surface area contributed by atoms with E-state index in [-0.39, 0.29) is 122 Å². The maximum Gasteiger partial charge on any atom is 0.169 e. The monoisotopic (exact) mass is 2080 g/mol. The van der Waals surface area contributed by atoms with Gasteiger partial charge in [0.05, 0.1) is 26.9 Å². The Bertz CT molecular complexity index is 4780. The average molecular weight is 2080 g/mol. The predicted octanol–water partition coefficient (Wildman–Crippen LogP) is 29.9. The number of carbonyl (C=O) groups is 10. The second-order valence-corrected chi connectivity index (χ2v) is 38.2. The Morgan fingerprint density at radius 2 is 0.611 bits per heavy atom. The topological polar surface area (TPSA) is 211 Å². The van der Waals surface area contributed by atoms with Crippen molar-refractivity contribution in [1.82, 2.24) is 4.98 Å². The molecule has 126 heavy (non-hydrogen) atoms. The lowest BCUT2D eigenvalue weighted by Crippen LogP contribution is -2.12. The molecule has 0 saturated carbocycles. The van der Waals surface area contributed by atoms with E-state index in [2.05, 4.69) is 124 Å². The minimum absolute atomic E-state index is 0.0105. The first-order valence-electron chi connectivity index (χ1n) is 42.1. The Hall–Kier alpha value is -9.12. The first-order chi connectivity index (χ1) is 58.9. The van der Waals surface area contributed by atoms with Crippen molar-refractivity contribution in [1.29, 1.82) is 0 Å². The van der Waals surface area contributed by atoms with Crippen molar-refractivity contribution < 1.29 is 62.2 Å². The van der Waals surface area contributed by atoms with Crippen LogP contribution in [-0.4, -0.2) is 84.1 Å². The van der Waals surface area contributed by atoms with Gasteiger partial charge in [0, 0.05) is 132 Å². The molecule has 0 spiro atoms. The first kappa shape index (κ1) is 115. The standard InChI is InChI=1S/C14H20O.3C11H14O2.C11H14O.3C10H11BrO.C10H11IO.C9H10BrNO/c1-10(2)13(15)11-6-8-12(9-7-11)14(3,4)5;1-8(2)11(12)9-4-6-10(13-3)7-5-9;1-8(2)11(12)9-5-4-6-10(7-9)13-3;1-8(2)11(12)9-6-4-5-7-10(9)13-3;1-8(2)11(12)10-6-4-9(3)5-7-10;1-7(2)10(12)8-3-5-9(11)6-4-8;1-7(2)10(12)8-4-3-5-9(11)6-8;1-7(2)10(12)8-5-3-4-6-9(8)11;1-7(2)10(12)8-3-5-9(11)6-4-8;1-6(2)9(12)7-3-4-8(10)11-5-7/h6-10H,1-5H3;3*4-8H,1-3H3;4-8H,1-3H3;4*3-7H,1-2H3;3-6H,1-2H3. The van der Waals surface area contributed by atoms with Crippen LogP contribution in [-0.2, 0) is 5.41 Å². The molecule has 676 valence electrons. The molecule has 1 heterocycles. The molecule has 10 aromatic rings. The van der Waals surface area contributed by atoms with Crippen molar-refractivity contribution in [2.75, 3.05) is 21.3 Å². The molecule has 10 rings (SSSR count). The number of para-hydroxylation sites is 1. The number of hydrogen-bond acceptors (Lipinski definition) is 14. The van der Waals surface area contributed by atoms with E-state index in [1.54, 1.807) is 82.1 Å². The maximum absolute atomic E-state index is 11.7. The van der Waals surface area contributed by atoms with Gasteiger partial charge in [-0.25, -0.2) is 4.98 Å². The highest BCUT2D eigenvalue weighted by molar-refractivity contribution is 14.1. The zero-order chi connectivity index (χ0) is 96.0. The summed E-state index contributed by atoms with van der Waals surface area (Å²) in [6.07, 6.45) is 1.59. The molecular formula is C107H130Br4INO13. The van der Waals surface area contributed by atoms with Crippen LogP contribution in [0.25, 0.3) is 0 Å². The third kappa shape index (κ3) is 43.6. The number of methoxy groups -OCH3 is 3. The van der Waals surface area contributed by atoms with Crippen molar-refractivity contribution in [3.8, 4) is 17.2 Å². The van der Waals surface area contributed by atoms with E-state index < -0.39 is 0 Å². The SMILES string of the molecule is CC(C)C(=O)c1ccc(Br)cc1.CC(C)C(=O)c1ccc(Br)nc1.CC(C)C(=O)c1ccc(C(C)(C)C)cc1.CC(C)C(=O)c1ccc(I)cc1.CC(C)C(=O)c1cccc(Br)c1.CC(C)C(=O)c1ccccc1Br.COc1ccc(C(=O)C(C)C)cc1.COc1cccc(C(=O)C(C)C)c1.COc1ccccc1C(=O)C(C)C.Cc1ccc(C(=O)C(C)C)cc1. The lowest BCUT2D eigenvalue weighted by molar-refractivity contribution is 0.0929. The van der Waals surface area contributed by atoms with Gasteiger partial charge < -0.3 is 14.2 Å². The predicted molar refractivity (Wildman–Crippen MR) is 541 cm³/mol. The van der Waals surface area contributed by atoms with Gasteiger partial charge in [-0.1, -0.05) is 340 Å². The minimum atomic E-state index is 0.0105. The molecule has 19 heteroatoms. The lowest BCUT2D eigenvalue weighted by Gasteiger charge is -2.19. The fourth-order valence-electron chi connectivity index (χ4n) is 10.6. The zero-order valence-electron chi connectivity index (χ0n) is 78.4. The molecule has 0 aliphatic rings. The lowest BCUT2D eigenvalue weighted by atomic mass is 9.86. The fraction of sp³-hybridized carbons (Fsp3) is 0.355. The molecule has 0 amide bonds. The molecule has 1 aromatic heterocycles. The summed E-state index contributed by atoms with van der Waals surface area (Å²) in [6.45, 7) is 46.6. The Labute approximate surface area is 798 Å². The van der Waals surface area contributed by atoms with Gasteiger partial charge in [-0.3, -0.25) is 47.9 Å². The Morgan fingerprint density at radius 3 is 0.968 bits per heavy atom. The second kappa shape index (κ2) is 59.8. The Morgan fingerprint density at radius 1 is 0.294 bits per heavy atom. The van der Waals surface area contributed by atoms with E-state index in [1.807, 2.05) is 309 Å². The number of carbonyl (C=O) groups excluding carboxylic acids is 10. The number of pyridine rings is 1. The van der Waals surface area contributed by atoms with Crippen LogP contribution in [0, 0.1) is 69.7 Å². The van der Waals surface area contributed by atoms with Crippen LogP contribution in [0.1, 0.15) is 274 Å². The highest BCUT2D eigenvalue weighted by Crippen LogP contribution is 2.26. The zero-order valence-corrected chi connectivity index (χ0v) is 86.9. The van der Waals surface area contributed by atoms with Crippen LogP contribution in [0.4, 0.5) is 0 Å². The second-order valence-electron chi connectivity index (χ2n) is 33.4. The Balaban J connectivity index is 0.000000700. The molecule has 0 N–H and O–H groups in total. The third-order valence-electron chi connectivity index (χ3n) is 18.2. The van der Waals surface area contributed by atoms with Crippen LogP contribution in [0.2, 0.25) is 0 Å². The van der Waals surface area contributed by atoms with Gasteiger partial charge in [-0.05, 0) is 160 Å². The molecule has 0 unspecified atom stereocenters. The van der Waals surface area contributed by atoms with E-state index >= 15 is 0 Å². The van der Waals surface area contributed by atoms with Gasteiger partial charge in [0.15, 0.2) is 57.8 Å². The van der Waals surface area contributed by atoms with Gasteiger partial charge in [0.2, 0.25) is 0 Å². The van der Waals surface area contributed by atoms with Gasteiger partial charge in [0.25, 0.3) is 0 Å². The molecular weight excluding hydrogens is 1950 g/mol. The van der Waals surface area contributed by atoms with Crippen molar-refractivity contribution in [3.05, 3.63) is 325 Å². The summed E-state index contributed by atoms with van der Waals surface area (Å²) in [5.41, 5.74) is 10.2. The first-order valence-corrected chi connectivity index (χ1v) is 46.3. The summed E-state index contributed by atoms with van der Waals surface area (Å²) in [7, 11) is 4.78. The van der Waals surface area contributed by atoms with Gasteiger partial charge >= 0.3 is 0 Å². The van der Waals surface area contributed by atoms with E-state index in [4.69, 9.17) is 14.2 Å². The number of Topliss-reactive ketones (excluding diaryl/α,β-unsaturated/α-hetero) is 10. The molecule has 0 radical (unpaired) electrons. The third-order valence-corrected chi connectivity index (χ3v) is 21.1. The number of nitrogens with zero attached hydrogens (tertiary/aromatic N) is 1. The summed E-state index contributed by atoms with van der Waals surface area (Å²) in [5.74, 6) is 4.54. The van der Waals surface area contributed by atoms with Crippen LogP contribution in [0.3, 0.4) is 0 Å². The number of rotatable bonds is 23. The Kier molecular flexibility index (Phi) is 54.6. The summed E-state index contributed by atoms with van der Waals surface area (Å²) < 4.78 is 19.9. The number of aryl methyl sites for hydroxylation is 1. The fourth-order valence-corrected chi connectivity index (χ4v) is 12.3. The van der Waals surface area contributed by atoms with Gasteiger partial charge in [-0.2, -0.15) is 0 Å². The number of aromatic nitrogens is 1. The van der Waals surface area contributed by atoms with Crippen LogP contribution < -0.4 is 14.2 Å². The van der Waals surface area contributed by atoms with Crippen molar-refractivity contribution in [2.24, 2.45) is 59.2 Å². The smallest absolute Gasteiger partial charge is 0.169 e. The van der Waals surface area contributed by atoms with Crippen LogP contribution >= 0.6 is 86.3 Å². The van der Waals surface area contributed by atoms with Crippen LogP contribution in [0.5, 0.6) is 17.2 Å². The molecule has 0 fully saturated rings. The van der Waals surface area contributed by atoms with Crippen molar-refractivity contribution in [2.45, 2.75) is 172 Å². The minimum Gasteiger partial charge on any atom is -0.497 e. The molecule has 0 aliphatic carbocycles. The quantitative estimate of drug-likeness (QED) is 0.0331. The molecule has 0 saturated heterocycles. The molecule has 0 aliphatic heterocycles. The van der Waals surface area contributed by atoms with E-state index in [0.29, 0.717) is 22.4 Å². The summed E-state index contributed by atoms with van der Waals surface area (Å²) in [5, 5.41) is 0. The van der Waals surface area contributed by atoms with Gasteiger partial charge in [0.1, 0.15) is 21.9 Å². The highest BCUT2D eigenvalue weighted by atomic mass is 127. The number of ketones is 10. The largest absolute Gasteiger partial charge is 0.497 e. The van der Waals surface area contributed by atoms with E-state index in [0.717, 1.165) is 72.0 Å². The van der Waals surface area contributed by atoms with E-state index in [9.17, 15) is 47.9 Å². The maximum atomic E-state index is 11.7. The van der Waals surface area contributed by atoms with Crippen molar-refractivity contribution in [3.63, 3.8) is 0 Å². The molecule has 0 atom stereocenters. The number of halogens is 5. The summed E-state index contributed by atoms with van der Waals surface area (Å²) in [6, 6.07) is 71.0. The van der Waals surface area contributed by atoms with Crippen LogP contribution in [0.15, 0.2) is 255 Å². The van der Waals surface area contributed by atoms with Gasteiger partial charge in [-0.15, -0.1) is 0 Å². The normalized spacial score (nSPS) is 10.5. The summed E-state index contributed by atoms with van der Waals surface area (Å²) >= 11 is 15.4. The number of benzene rings is 9.